The fraction of sp³-hybridized carbons (Fsp3) is 0.692. The largest absolute Gasteiger partial charge is 0.391 e. The summed E-state index contributed by atoms with van der Waals surface area (Å²) in [5.41, 5.74) is 4.06. The highest BCUT2D eigenvalue weighted by molar-refractivity contribution is 6.04. The summed E-state index contributed by atoms with van der Waals surface area (Å²) in [6.07, 6.45) is -1.11. The van der Waals surface area contributed by atoms with Crippen LogP contribution >= 0.6 is 0 Å². The van der Waals surface area contributed by atoms with Gasteiger partial charge in [-0.15, -0.1) is 0 Å². The lowest BCUT2D eigenvalue weighted by atomic mass is 9.76. The second-order valence-electron chi connectivity index (χ2n) is 5.95. The highest BCUT2D eigenvalue weighted by Crippen LogP contribution is 2.38. The lowest BCUT2D eigenvalue weighted by Gasteiger charge is -2.51. The molecule has 22 heavy (non-hydrogen) atoms. The Balaban J connectivity index is 2.19. The quantitative estimate of drug-likeness (QED) is 0.411. The number of primary amides is 1. The van der Waals surface area contributed by atoms with Gasteiger partial charge >= 0.3 is 0 Å². The summed E-state index contributed by atoms with van der Waals surface area (Å²) in [5.74, 6) is -2.58. The number of hydrogen-bond donors (Lipinski definition) is 4. The molecule has 2 aliphatic heterocycles. The van der Waals surface area contributed by atoms with Gasteiger partial charge in [0.1, 0.15) is 17.6 Å². The number of amides is 4. The van der Waals surface area contributed by atoms with Gasteiger partial charge in [0.2, 0.25) is 17.7 Å². The Morgan fingerprint density at radius 1 is 1.50 bits per heavy atom. The van der Waals surface area contributed by atoms with E-state index in [1.165, 1.54) is 13.8 Å². The minimum atomic E-state index is -1.16. The maximum atomic E-state index is 12.5. The average Bonchev–Trinajstić information content (AvgIpc) is 2.63. The molecule has 5 N–H and O–H groups in total. The van der Waals surface area contributed by atoms with Crippen LogP contribution < -0.4 is 16.4 Å². The Morgan fingerprint density at radius 3 is 2.50 bits per heavy atom. The summed E-state index contributed by atoms with van der Waals surface area (Å²) in [5, 5.41) is 14.7. The van der Waals surface area contributed by atoms with E-state index >= 15 is 0 Å². The summed E-state index contributed by atoms with van der Waals surface area (Å²) < 4.78 is 0. The number of likely N-dealkylation sites (tertiary alicyclic amines) is 1. The summed E-state index contributed by atoms with van der Waals surface area (Å²) in [6.45, 7) is 4.39. The monoisotopic (exact) mass is 312 g/mol. The number of β-lactam (4-membered cyclic amide) rings is 1. The highest BCUT2D eigenvalue weighted by Gasteiger charge is 2.65. The van der Waals surface area contributed by atoms with Crippen molar-refractivity contribution in [3.8, 4) is 0 Å². The zero-order valence-corrected chi connectivity index (χ0v) is 12.6. The normalized spacial score (nSPS) is 33.2. The Kier molecular flexibility index (Phi) is 3.86. The van der Waals surface area contributed by atoms with Gasteiger partial charge in [-0.2, -0.15) is 0 Å². The van der Waals surface area contributed by atoms with Crippen molar-refractivity contribution in [3.05, 3.63) is 0 Å². The lowest BCUT2D eigenvalue weighted by Crippen LogP contribution is -2.78. The third kappa shape index (κ3) is 2.21. The van der Waals surface area contributed by atoms with Crippen LogP contribution in [0, 0.1) is 5.92 Å². The minimum absolute atomic E-state index is 0.0628. The van der Waals surface area contributed by atoms with Crippen LogP contribution in [0.1, 0.15) is 20.8 Å². The second-order valence-corrected chi connectivity index (χ2v) is 5.95. The van der Waals surface area contributed by atoms with Crippen molar-refractivity contribution >= 4 is 23.6 Å². The van der Waals surface area contributed by atoms with E-state index in [0.29, 0.717) is 0 Å². The van der Waals surface area contributed by atoms with E-state index in [1.807, 2.05) is 0 Å². The standard InChI is InChI=1S/C13H20N4O5/c1-5-8(15-7(3)19)11(21)16-13(5)4-17(12(13)22)9(6(2)18)10(14)20/h5-6,8-9,18H,4H2,1-3H3,(H2,14,20)(H,15,19)(H,16,21)/t5?,6-,8?,9+,13?/m1/s1. The lowest BCUT2D eigenvalue weighted by molar-refractivity contribution is -0.166. The SMILES string of the molecule is CC(=O)NC1C(=O)NC2(CN([C@H](C(N)=O)[C@@H](C)O)C2=O)C1C. The van der Waals surface area contributed by atoms with Crippen LogP contribution in [0.2, 0.25) is 0 Å². The number of rotatable bonds is 4. The van der Waals surface area contributed by atoms with Crippen molar-refractivity contribution in [1.29, 1.82) is 0 Å². The Hall–Kier alpha value is -2.16. The van der Waals surface area contributed by atoms with Crippen molar-refractivity contribution in [2.45, 2.75) is 44.5 Å². The molecule has 0 aromatic carbocycles. The molecule has 2 saturated heterocycles. The van der Waals surface area contributed by atoms with E-state index in [-0.39, 0.29) is 12.5 Å². The number of hydrogen-bond acceptors (Lipinski definition) is 5. The van der Waals surface area contributed by atoms with Crippen molar-refractivity contribution < 1.29 is 24.3 Å². The number of nitrogens with one attached hydrogen (secondary N) is 2. The Bertz CT molecular complexity index is 549. The molecule has 9 nitrogen and oxygen atoms in total. The van der Waals surface area contributed by atoms with Gasteiger partial charge in [-0.3, -0.25) is 19.2 Å². The molecule has 2 heterocycles. The number of carbonyl (C=O) groups excluding carboxylic acids is 4. The molecule has 0 aromatic heterocycles. The van der Waals surface area contributed by atoms with Crippen LogP contribution in [0.3, 0.4) is 0 Å². The first-order valence-electron chi connectivity index (χ1n) is 6.99. The smallest absolute Gasteiger partial charge is 0.251 e. The summed E-state index contributed by atoms with van der Waals surface area (Å²) >= 11 is 0. The van der Waals surface area contributed by atoms with Gasteiger partial charge in [0.15, 0.2) is 0 Å². The van der Waals surface area contributed by atoms with Gasteiger partial charge in [-0.05, 0) is 6.92 Å². The van der Waals surface area contributed by atoms with Gasteiger partial charge in [0.05, 0.1) is 12.6 Å². The Morgan fingerprint density at radius 2 is 2.09 bits per heavy atom. The van der Waals surface area contributed by atoms with Crippen LogP contribution in [-0.4, -0.2) is 63.9 Å². The molecular weight excluding hydrogens is 292 g/mol. The molecule has 1 spiro atoms. The fourth-order valence-corrected chi connectivity index (χ4v) is 3.21. The van der Waals surface area contributed by atoms with Crippen molar-refractivity contribution in [3.63, 3.8) is 0 Å². The number of nitrogens with two attached hydrogens (primary N) is 1. The maximum Gasteiger partial charge on any atom is 0.251 e. The molecule has 122 valence electrons. The summed E-state index contributed by atoms with van der Waals surface area (Å²) in [7, 11) is 0. The predicted molar refractivity (Wildman–Crippen MR) is 74.0 cm³/mol. The molecule has 0 aliphatic carbocycles. The molecular formula is C13H20N4O5. The molecule has 2 aliphatic rings. The minimum Gasteiger partial charge on any atom is -0.391 e. The first-order valence-corrected chi connectivity index (χ1v) is 6.99. The summed E-state index contributed by atoms with van der Waals surface area (Å²) in [4.78, 5) is 48.2. The first kappa shape index (κ1) is 16.2. The first-order chi connectivity index (χ1) is 10.1. The van der Waals surface area contributed by atoms with Gasteiger partial charge in [-0.25, -0.2) is 0 Å². The van der Waals surface area contributed by atoms with Crippen molar-refractivity contribution in [2.24, 2.45) is 11.7 Å². The fourth-order valence-electron chi connectivity index (χ4n) is 3.21. The van der Waals surface area contributed by atoms with Gasteiger partial charge in [0, 0.05) is 12.8 Å². The average molecular weight is 312 g/mol. The molecule has 3 unspecified atom stereocenters. The van der Waals surface area contributed by atoms with Crippen LogP contribution in [0.4, 0.5) is 0 Å². The molecule has 5 atom stereocenters. The third-order valence-corrected chi connectivity index (χ3v) is 4.41. The molecule has 2 fully saturated rings. The molecule has 0 aromatic rings. The topological polar surface area (TPSA) is 142 Å². The highest BCUT2D eigenvalue weighted by atomic mass is 16.3. The second kappa shape index (κ2) is 5.24. The number of carbonyl (C=O) groups is 4. The molecule has 2 rings (SSSR count). The van der Waals surface area contributed by atoms with Gasteiger partial charge in [0.25, 0.3) is 5.91 Å². The molecule has 0 radical (unpaired) electrons. The maximum absolute atomic E-state index is 12.5. The Labute approximate surface area is 127 Å². The number of aliphatic hydroxyl groups is 1. The molecule has 0 saturated carbocycles. The van der Waals surface area contributed by atoms with E-state index in [4.69, 9.17) is 5.73 Å². The molecule has 9 heteroatoms. The third-order valence-electron chi connectivity index (χ3n) is 4.41. The van der Waals surface area contributed by atoms with E-state index in [2.05, 4.69) is 10.6 Å². The van der Waals surface area contributed by atoms with Gasteiger partial charge in [-0.1, -0.05) is 6.92 Å². The van der Waals surface area contributed by atoms with Crippen LogP contribution in [0.15, 0.2) is 0 Å². The zero-order chi connectivity index (χ0) is 16.8. The number of aliphatic hydroxyl groups excluding tert-OH is 1. The van der Waals surface area contributed by atoms with E-state index in [0.717, 1.165) is 4.90 Å². The van der Waals surface area contributed by atoms with Crippen LogP contribution in [-0.2, 0) is 19.2 Å². The predicted octanol–water partition coefficient (Wildman–Crippen LogP) is -2.93. The van der Waals surface area contributed by atoms with Crippen LogP contribution in [0.25, 0.3) is 0 Å². The summed E-state index contributed by atoms with van der Waals surface area (Å²) in [6, 6.07) is -1.94. The van der Waals surface area contributed by atoms with Crippen molar-refractivity contribution in [2.75, 3.05) is 6.54 Å². The molecule has 4 amide bonds. The van der Waals surface area contributed by atoms with E-state index in [9.17, 15) is 24.3 Å². The van der Waals surface area contributed by atoms with Crippen LogP contribution in [0.5, 0.6) is 0 Å². The van der Waals surface area contributed by atoms with Crippen molar-refractivity contribution in [1.82, 2.24) is 15.5 Å². The van der Waals surface area contributed by atoms with E-state index in [1.54, 1.807) is 6.92 Å². The number of nitrogens with zero attached hydrogens (tertiary/aromatic N) is 1. The van der Waals surface area contributed by atoms with E-state index < -0.39 is 47.4 Å². The molecule has 0 bridgehead atoms. The zero-order valence-electron chi connectivity index (χ0n) is 12.6. The van der Waals surface area contributed by atoms with Gasteiger partial charge < -0.3 is 26.4 Å².